The summed E-state index contributed by atoms with van der Waals surface area (Å²) in [6, 6.07) is 6.65. The Morgan fingerprint density at radius 2 is 1.88 bits per heavy atom. The number of carbonyl (C=O) groups excluding carboxylic acids is 2. The molecule has 2 heterocycles. The van der Waals surface area contributed by atoms with E-state index in [1.165, 1.54) is 9.80 Å². The van der Waals surface area contributed by atoms with Crippen LogP contribution in [0, 0.1) is 6.92 Å². The number of benzene rings is 1. The lowest BCUT2D eigenvalue weighted by Crippen LogP contribution is -2.34. The number of imide groups is 1. The molecule has 1 aliphatic rings. The molecule has 0 aliphatic carbocycles. The highest BCUT2D eigenvalue weighted by molar-refractivity contribution is 6.13. The molecule has 1 aromatic carbocycles. The van der Waals surface area contributed by atoms with E-state index in [4.69, 9.17) is 0 Å². The summed E-state index contributed by atoms with van der Waals surface area (Å²) < 4.78 is 1.62. The first-order valence-corrected chi connectivity index (χ1v) is 7.99. The van der Waals surface area contributed by atoms with Gasteiger partial charge in [0, 0.05) is 12.2 Å². The van der Waals surface area contributed by atoms with Crippen molar-refractivity contribution in [3.8, 4) is 0 Å². The Hall–Kier alpha value is -2.77. The van der Waals surface area contributed by atoms with E-state index in [-0.39, 0.29) is 18.5 Å². The van der Waals surface area contributed by atoms with Gasteiger partial charge in [-0.05, 0) is 42.8 Å². The molecule has 0 radical (unpaired) electrons. The van der Waals surface area contributed by atoms with Gasteiger partial charge < -0.3 is 0 Å². The van der Waals surface area contributed by atoms with Crippen molar-refractivity contribution in [3.05, 3.63) is 35.7 Å². The van der Waals surface area contributed by atoms with Gasteiger partial charge in [-0.2, -0.15) is 0 Å². The summed E-state index contributed by atoms with van der Waals surface area (Å²) in [6.45, 7) is 6.45. The van der Waals surface area contributed by atoms with Crippen molar-refractivity contribution in [2.45, 2.75) is 46.3 Å². The van der Waals surface area contributed by atoms with E-state index in [0.29, 0.717) is 18.1 Å². The fourth-order valence-electron chi connectivity index (χ4n) is 2.77. The molecule has 0 unspecified atom stereocenters. The molecular formula is C16H20N6O2. The van der Waals surface area contributed by atoms with Crippen LogP contribution in [-0.4, -0.2) is 43.1 Å². The second-order valence-electron chi connectivity index (χ2n) is 5.91. The van der Waals surface area contributed by atoms with Gasteiger partial charge >= 0.3 is 6.03 Å². The van der Waals surface area contributed by atoms with Crippen LogP contribution < -0.4 is 4.90 Å². The van der Waals surface area contributed by atoms with Crippen LogP contribution in [-0.2, 0) is 17.9 Å². The zero-order valence-electron chi connectivity index (χ0n) is 14.0. The third-order valence-corrected chi connectivity index (χ3v) is 4.10. The molecule has 2 aromatic rings. The SMILES string of the molecule is CCCn1nnnc1CN1C(=O)[C@H](C)N(c2ccc(C)cc2)C1=O. The van der Waals surface area contributed by atoms with Crippen LogP contribution in [0.5, 0.6) is 0 Å². The van der Waals surface area contributed by atoms with E-state index >= 15 is 0 Å². The zero-order valence-corrected chi connectivity index (χ0v) is 14.0. The highest BCUT2D eigenvalue weighted by atomic mass is 16.2. The molecule has 8 nitrogen and oxygen atoms in total. The second kappa shape index (κ2) is 6.38. The lowest BCUT2D eigenvalue weighted by molar-refractivity contribution is -0.127. The third kappa shape index (κ3) is 2.75. The Labute approximate surface area is 140 Å². The van der Waals surface area contributed by atoms with Gasteiger partial charge in [-0.25, -0.2) is 9.48 Å². The summed E-state index contributed by atoms with van der Waals surface area (Å²) in [5.74, 6) is 0.267. The number of carbonyl (C=O) groups is 2. The molecule has 1 fully saturated rings. The van der Waals surface area contributed by atoms with Gasteiger partial charge in [0.1, 0.15) is 6.04 Å². The number of hydrogen-bond acceptors (Lipinski definition) is 5. The molecular weight excluding hydrogens is 308 g/mol. The molecule has 1 saturated heterocycles. The smallest absolute Gasteiger partial charge is 0.282 e. The minimum absolute atomic E-state index is 0.0807. The van der Waals surface area contributed by atoms with E-state index in [1.54, 1.807) is 11.6 Å². The first kappa shape index (κ1) is 16.1. The summed E-state index contributed by atoms with van der Waals surface area (Å²) >= 11 is 0. The first-order chi connectivity index (χ1) is 11.5. The quantitative estimate of drug-likeness (QED) is 0.781. The van der Waals surface area contributed by atoms with Crippen LogP contribution in [0.2, 0.25) is 0 Å². The molecule has 8 heteroatoms. The topological polar surface area (TPSA) is 84.2 Å². The minimum atomic E-state index is -0.546. The summed E-state index contributed by atoms with van der Waals surface area (Å²) in [7, 11) is 0. The van der Waals surface area contributed by atoms with E-state index in [0.717, 1.165) is 12.0 Å². The number of rotatable bonds is 5. The van der Waals surface area contributed by atoms with Gasteiger partial charge in [-0.1, -0.05) is 24.6 Å². The first-order valence-electron chi connectivity index (χ1n) is 7.99. The van der Waals surface area contributed by atoms with Gasteiger partial charge in [-0.15, -0.1) is 5.10 Å². The molecule has 3 amide bonds. The number of urea groups is 1. The molecule has 1 atom stereocenters. The highest BCUT2D eigenvalue weighted by Gasteiger charge is 2.43. The summed E-state index contributed by atoms with van der Waals surface area (Å²) in [6.07, 6.45) is 0.867. The van der Waals surface area contributed by atoms with Gasteiger partial charge in [0.2, 0.25) is 0 Å². The predicted molar refractivity (Wildman–Crippen MR) is 87.2 cm³/mol. The van der Waals surface area contributed by atoms with Gasteiger partial charge in [0.25, 0.3) is 5.91 Å². The van der Waals surface area contributed by atoms with Crippen LogP contribution in [0.25, 0.3) is 0 Å². The summed E-state index contributed by atoms with van der Waals surface area (Å²) in [5.41, 5.74) is 1.81. The van der Waals surface area contributed by atoms with E-state index in [1.807, 2.05) is 38.1 Å². The maximum Gasteiger partial charge on any atom is 0.332 e. The molecule has 0 saturated carbocycles. The number of tetrazole rings is 1. The summed E-state index contributed by atoms with van der Waals surface area (Å²) in [4.78, 5) is 28.0. The zero-order chi connectivity index (χ0) is 17.3. The predicted octanol–water partition coefficient (Wildman–Crippen LogP) is 1.75. The number of nitrogens with zero attached hydrogens (tertiary/aromatic N) is 6. The van der Waals surface area contributed by atoms with Crippen LogP contribution >= 0.6 is 0 Å². The maximum absolute atomic E-state index is 12.8. The van der Waals surface area contributed by atoms with E-state index in [2.05, 4.69) is 15.5 Å². The third-order valence-electron chi connectivity index (χ3n) is 4.10. The fraction of sp³-hybridized carbons (Fsp3) is 0.438. The Morgan fingerprint density at radius 1 is 1.17 bits per heavy atom. The summed E-state index contributed by atoms with van der Waals surface area (Å²) in [5, 5.41) is 11.5. The Balaban J connectivity index is 1.85. The Morgan fingerprint density at radius 3 is 2.54 bits per heavy atom. The number of hydrogen-bond donors (Lipinski definition) is 0. The number of amides is 3. The van der Waals surface area contributed by atoms with Gasteiger partial charge in [-0.3, -0.25) is 14.6 Å². The molecule has 3 rings (SSSR count). The van der Waals surface area contributed by atoms with Crippen molar-refractivity contribution >= 4 is 17.6 Å². The normalized spacial score (nSPS) is 17.9. The fourth-order valence-corrected chi connectivity index (χ4v) is 2.77. The van der Waals surface area contributed by atoms with E-state index < -0.39 is 6.04 Å². The number of aromatic nitrogens is 4. The van der Waals surface area contributed by atoms with E-state index in [9.17, 15) is 9.59 Å². The van der Waals surface area contributed by atoms with Crippen LogP contribution in [0.15, 0.2) is 24.3 Å². The standard InChI is InChI=1S/C16H20N6O2/c1-4-9-21-14(17-18-19-21)10-20-15(23)12(3)22(16(20)24)13-7-5-11(2)6-8-13/h5-8,12H,4,9-10H2,1-3H3/t12-/m0/s1. The minimum Gasteiger partial charge on any atom is -0.282 e. The second-order valence-corrected chi connectivity index (χ2v) is 5.91. The van der Waals surface area contributed by atoms with Crippen molar-refractivity contribution in [2.75, 3.05) is 4.90 Å². The molecule has 0 bridgehead atoms. The Kier molecular flexibility index (Phi) is 4.28. The number of aryl methyl sites for hydroxylation is 2. The van der Waals surface area contributed by atoms with Crippen LogP contribution in [0.3, 0.4) is 0 Å². The van der Waals surface area contributed by atoms with Crippen molar-refractivity contribution in [1.29, 1.82) is 0 Å². The lowest BCUT2D eigenvalue weighted by atomic mass is 10.2. The number of anilines is 1. The highest BCUT2D eigenvalue weighted by Crippen LogP contribution is 2.26. The molecule has 24 heavy (non-hydrogen) atoms. The van der Waals surface area contributed by atoms with Crippen molar-refractivity contribution in [3.63, 3.8) is 0 Å². The van der Waals surface area contributed by atoms with Crippen LogP contribution in [0.4, 0.5) is 10.5 Å². The molecule has 0 spiro atoms. The van der Waals surface area contributed by atoms with Crippen molar-refractivity contribution in [1.82, 2.24) is 25.1 Å². The lowest BCUT2D eigenvalue weighted by Gasteiger charge is -2.19. The van der Waals surface area contributed by atoms with Gasteiger partial charge in [0.15, 0.2) is 5.82 Å². The monoisotopic (exact) mass is 328 g/mol. The van der Waals surface area contributed by atoms with Crippen LogP contribution in [0.1, 0.15) is 31.7 Å². The van der Waals surface area contributed by atoms with Crippen molar-refractivity contribution < 1.29 is 9.59 Å². The van der Waals surface area contributed by atoms with Crippen molar-refractivity contribution in [2.24, 2.45) is 0 Å². The molecule has 0 N–H and O–H groups in total. The van der Waals surface area contributed by atoms with Gasteiger partial charge in [0.05, 0.1) is 6.54 Å². The molecule has 126 valence electrons. The molecule has 1 aliphatic heterocycles. The average molecular weight is 328 g/mol. The molecule has 1 aromatic heterocycles. The Bertz CT molecular complexity index is 754. The maximum atomic E-state index is 12.8. The average Bonchev–Trinajstić information content (AvgIpc) is 3.08. The largest absolute Gasteiger partial charge is 0.332 e.